The second-order valence-electron chi connectivity index (χ2n) is 4.41. The molecule has 0 fully saturated rings. The average molecular weight is 289 g/mol. The fraction of sp³-hybridized carbons (Fsp3) is 0.143. The van der Waals surface area contributed by atoms with Gasteiger partial charge < -0.3 is 5.32 Å². The monoisotopic (exact) mass is 289 g/mol. The van der Waals surface area contributed by atoms with Crippen molar-refractivity contribution in [1.82, 2.24) is 10.3 Å². The van der Waals surface area contributed by atoms with Gasteiger partial charge >= 0.3 is 0 Å². The molecule has 0 atom stereocenters. The minimum Gasteiger partial charge on any atom is -0.348 e. The first-order valence-corrected chi connectivity index (χ1v) is 6.10. The molecule has 1 N–H and O–H groups in total. The molecule has 0 aliphatic heterocycles. The number of nitrogens with one attached hydrogen (secondary N) is 1. The zero-order valence-corrected chi connectivity index (χ0v) is 11.2. The number of halogens is 1. The molecule has 0 aliphatic carbocycles. The molecule has 0 aliphatic rings. The molecule has 1 heterocycles. The standard InChI is InChI=1S/C14H12FN3O3/c1-9-4-5-16-7-10(9)8-17-14(19)12-6-11(18(20)21)2-3-13(12)15/h2-7H,8H2,1H3,(H,17,19). The number of carbonyl (C=O) groups excluding carboxylic acids is 1. The van der Waals surface area contributed by atoms with Crippen LogP contribution in [0.1, 0.15) is 21.5 Å². The number of non-ortho nitro benzene ring substituents is 1. The molecule has 108 valence electrons. The van der Waals surface area contributed by atoms with Crippen LogP contribution in [-0.4, -0.2) is 15.8 Å². The van der Waals surface area contributed by atoms with Gasteiger partial charge in [-0.2, -0.15) is 0 Å². The van der Waals surface area contributed by atoms with E-state index < -0.39 is 16.6 Å². The van der Waals surface area contributed by atoms with E-state index in [0.717, 1.165) is 29.3 Å². The van der Waals surface area contributed by atoms with E-state index in [-0.39, 0.29) is 17.8 Å². The van der Waals surface area contributed by atoms with Gasteiger partial charge in [0.1, 0.15) is 5.82 Å². The van der Waals surface area contributed by atoms with Gasteiger partial charge in [-0.25, -0.2) is 4.39 Å². The topological polar surface area (TPSA) is 85.1 Å². The minimum absolute atomic E-state index is 0.167. The Morgan fingerprint density at radius 1 is 1.43 bits per heavy atom. The van der Waals surface area contributed by atoms with Crippen LogP contribution in [-0.2, 0) is 6.54 Å². The Hall–Kier alpha value is -2.83. The third-order valence-electron chi connectivity index (χ3n) is 2.99. The van der Waals surface area contributed by atoms with Crippen LogP contribution in [0.15, 0.2) is 36.7 Å². The van der Waals surface area contributed by atoms with Gasteiger partial charge in [0.25, 0.3) is 11.6 Å². The minimum atomic E-state index is -0.805. The maximum atomic E-state index is 13.6. The van der Waals surface area contributed by atoms with Gasteiger partial charge in [-0.15, -0.1) is 0 Å². The molecular weight excluding hydrogens is 277 g/mol. The van der Waals surface area contributed by atoms with Gasteiger partial charge in [-0.3, -0.25) is 19.9 Å². The first-order valence-electron chi connectivity index (χ1n) is 6.10. The Kier molecular flexibility index (Phi) is 4.22. The summed E-state index contributed by atoms with van der Waals surface area (Å²) >= 11 is 0. The number of pyridine rings is 1. The maximum Gasteiger partial charge on any atom is 0.270 e. The molecule has 21 heavy (non-hydrogen) atoms. The van der Waals surface area contributed by atoms with Gasteiger partial charge in [0.15, 0.2) is 0 Å². The molecule has 0 saturated carbocycles. The molecule has 0 radical (unpaired) electrons. The van der Waals surface area contributed by atoms with E-state index >= 15 is 0 Å². The van der Waals surface area contributed by atoms with Crippen molar-refractivity contribution < 1.29 is 14.1 Å². The Morgan fingerprint density at radius 2 is 2.19 bits per heavy atom. The van der Waals surface area contributed by atoms with Crippen LogP contribution < -0.4 is 5.32 Å². The van der Waals surface area contributed by atoms with Crippen molar-refractivity contribution in [2.45, 2.75) is 13.5 Å². The number of benzene rings is 1. The smallest absolute Gasteiger partial charge is 0.270 e. The Bertz CT molecular complexity index is 704. The molecule has 7 heteroatoms. The van der Waals surface area contributed by atoms with Crippen molar-refractivity contribution in [3.05, 3.63) is 69.3 Å². The molecule has 0 spiro atoms. The third kappa shape index (κ3) is 3.38. The van der Waals surface area contributed by atoms with Crippen molar-refractivity contribution in [2.24, 2.45) is 0 Å². The lowest BCUT2D eigenvalue weighted by molar-refractivity contribution is -0.384. The summed E-state index contributed by atoms with van der Waals surface area (Å²) in [4.78, 5) is 25.8. The number of hydrogen-bond acceptors (Lipinski definition) is 4. The molecule has 2 aromatic rings. The molecule has 0 unspecified atom stereocenters. The second kappa shape index (κ2) is 6.08. The van der Waals surface area contributed by atoms with Gasteiger partial charge in [0.2, 0.25) is 0 Å². The summed E-state index contributed by atoms with van der Waals surface area (Å²) in [5.74, 6) is -1.51. The molecule has 1 amide bonds. The highest BCUT2D eigenvalue weighted by Gasteiger charge is 2.16. The molecule has 0 saturated heterocycles. The van der Waals surface area contributed by atoms with E-state index in [2.05, 4.69) is 10.3 Å². The predicted octanol–water partition coefficient (Wildman–Crippen LogP) is 2.37. The van der Waals surface area contributed by atoms with Crippen molar-refractivity contribution in [1.29, 1.82) is 0 Å². The largest absolute Gasteiger partial charge is 0.348 e. The average Bonchev–Trinajstić information content (AvgIpc) is 2.46. The summed E-state index contributed by atoms with van der Waals surface area (Å²) in [5, 5.41) is 13.2. The highest BCUT2D eigenvalue weighted by molar-refractivity contribution is 5.95. The fourth-order valence-electron chi connectivity index (χ4n) is 1.75. The lowest BCUT2D eigenvalue weighted by Gasteiger charge is -2.08. The summed E-state index contributed by atoms with van der Waals surface area (Å²) in [6.45, 7) is 2.03. The number of nitro groups is 1. The van der Waals surface area contributed by atoms with Crippen LogP contribution in [0, 0.1) is 22.9 Å². The quantitative estimate of drug-likeness (QED) is 0.691. The molecule has 0 bridgehead atoms. The van der Waals surface area contributed by atoms with Gasteiger partial charge in [-0.1, -0.05) is 0 Å². The first kappa shape index (κ1) is 14.6. The summed E-state index contributed by atoms with van der Waals surface area (Å²) in [5.41, 5.74) is 1.03. The van der Waals surface area contributed by atoms with E-state index in [4.69, 9.17) is 0 Å². The molecule has 2 rings (SSSR count). The summed E-state index contributed by atoms with van der Waals surface area (Å²) in [6.07, 6.45) is 3.22. The molecule has 6 nitrogen and oxygen atoms in total. The first-order chi connectivity index (χ1) is 9.99. The Labute approximate surface area is 119 Å². The third-order valence-corrected chi connectivity index (χ3v) is 2.99. The summed E-state index contributed by atoms with van der Waals surface area (Å²) < 4.78 is 13.6. The van der Waals surface area contributed by atoms with Crippen LogP contribution >= 0.6 is 0 Å². The van der Waals surface area contributed by atoms with E-state index in [1.54, 1.807) is 18.5 Å². The Balaban J connectivity index is 2.15. The number of hydrogen-bond donors (Lipinski definition) is 1. The highest BCUT2D eigenvalue weighted by atomic mass is 19.1. The zero-order valence-electron chi connectivity index (χ0n) is 11.2. The summed E-state index contributed by atoms with van der Waals surface area (Å²) in [6, 6.07) is 4.62. The van der Waals surface area contributed by atoms with Crippen LogP contribution in [0.4, 0.5) is 10.1 Å². The van der Waals surface area contributed by atoms with Gasteiger partial charge in [0, 0.05) is 31.1 Å². The Morgan fingerprint density at radius 3 is 2.86 bits per heavy atom. The van der Waals surface area contributed by atoms with Crippen LogP contribution in [0.2, 0.25) is 0 Å². The van der Waals surface area contributed by atoms with Crippen LogP contribution in [0.5, 0.6) is 0 Å². The number of aromatic nitrogens is 1. The molecule has 1 aromatic heterocycles. The van der Waals surface area contributed by atoms with Crippen molar-refractivity contribution in [3.63, 3.8) is 0 Å². The van der Waals surface area contributed by atoms with E-state index in [1.165, 1.54) is 0 Å². The van der Waals surface area contributed by atoms with Gasteiger partial charge in [-0.05, 0) is 30.2 Å². The number of carbonyl (C=O) groups is 1. The van der Waals surface area contributed by atoms with E-state index in [9.17, 15) is 19.3 Å². The lowest BCUT2D eigenvalue weighted by atomic mass is 10.1. The van der Waals surface area contributed by atoms with Crippen LogP contribution in [0.25, 0.3) is 0 Å². The highest BCUT2D eigenvalue weighted by Crippen LogP contribution is 2.17. The number of amides is 1. The van der Waals surface area contributed by atoms with Gasteiger partial charge in [0.05, 0.1) is 10.5 Å². The zero-order chi connectivity index (χ0) is 15.4. The lowest BCUT2D eigenvalue weighted by Crippen LogP contribution is -2.24. The summed E-state index contributed by atoms with van der Waals surface area (Å²) in [7, 11) is 0. The van der Waals surface area contributed by atoms with Crippen molar-refractivity contribution >= 4 is 11.6 Å². The van der Waals surface area contributed by atoms with E-state index in [1.807, 2.05) is 6.92 Å². The van der Waals surface area contributed by atoms with Crippen LogP contribution in [0.3, 0.4) is 0 Å². The van der Waals surface area contributed by atoms with E-state index in [0.29, 0.717) is 0 Å². The van der Waals surface area contributed by atoms with Crippen molar-refractivity contribution in [2.75, 3.05) is 0 Å². The predicted molar refractivity (Wildman–Crippen MR) is 73.2 cm³/mol. The SMILES string of the molecule is Cc1ccncc1CNC(=O)c1cc([N+](=O)[O-])ccc1F. The number of nitro benzene ring substituents is 1. The van der Waals surface area contributed by atoms with Crippen molar-refractivity contribution in [3.8, 4) is 0 Å². The second-order valence-corrected chi connectivity index (χ2v) is 4.41. The molecule has 1 aromatic carbocycles. The normalized spacial score (nSPS) is 10.2. The maximum absolute atomic E-state index is 13.6. The molecular formula is C14H12FN3O3. The number of rotatable bonds is 4. The fourth-order valence-corrected chi connectivity index (χ4v) is 1.75. The number of nitrogens with zero attached hydrogens (tertiary/aromatic N) is 2. The number of aryl methyl sites for hydroxylation is 1.